The first kappa shape index (κ1) is 16.2. The SMILES string of the molecule is CC(C)(C)[Si](C)(C)OC1CCOc2cc(F)c(I)nc21. The van der Waals surface area contributed by atoms with E-state index in [1.807, 2.05) is 22.6 Å². The minimum atomic E-state index is -1.88. The summed E-state index contributed by atoms with van der Waals surface area (Å²) in [5.74, 6) is 0.190. The van der Waals surface area contributed by atoms with Gasteiger partial charge in [0.05, 0.1) is 12.7 Å². The van der Waals surface area contributed by atoms with E-state index in [9.17, 15) is 4.39 Å². The quantitative estimate of drug-likeness (QED) is 0.404. The van der Waals surface area contributed by atoms with E-state index in [0.29, 0.717) is 16.1 Å². The number of ether oxygens (including phenoxy) is 1. The molecule has 0 saturated carbocycles. The lowest BCUT2D eigenvalue weighted by atomic mass is 10.1. The lowest BCUT2D eigenvalue weighted by Crippen LogP contribution is -2.42. The highest BCUT2D eigenvalue weighted by molar-refractivity contribution is 14.1. The van der Waals surface area contributed by atoms with Crippen LogP contribution in [-0.4, -0.2) is 19.9 Å². The van der Waals surface area contributed by atoms with Crippen LogP contribution in [0, 0.1) is 9.52 Å². The van der Waals surface area contributed by atoms with Gasteiger partial charge in [0.2, 0.25) is 0 Å². The van der Waals surface area contributed by atoms with Gasteiger partial charge in [-0.3, -0.25) is 0 Å². The molecule has 1 aromatic rings. The minimum absolute atomic E-state index is 0.0891. The standard InChI is InChI=1S/C14H21FINO2Si/c1-14(2,3)20(4,5)19-10-6-7-18-11-8-9(15)13(16)17-12(10)11/h8,10H,6-7H2,1-5H3. The Morgan fingerprint density at radius 1 is 1.45 bits per heavy atom. The molecule has 2 heterocycles. The second-order valence-corrected chi connectivity index (χ2v) is 12.4. The van der Waals surface area contributed by atoms with Crippen molar-refractivity contribution in [2.24, 2.45) is 0 Å². The molecule has 0 fully saturated rings. The van der Waals surface area contributed by atoms with Crippen molar-refractivity contribution in [2.45, 2.75) is 51.4 Å². The molecule has 0 radical (unpaired) electrons. The summed E-state index contributed by atoms with van der Waals surface area (Å²) < 4.78 is 25.9. The van der Waals surface area contributed by atoms with Gasteiger partial charge in [0.25, 0.3) is 0 Å². The first-order chi connectivity index (χ1) is 9.12. The average Bonchev–Trinajstić information content (AvgIpc) is 2.30. The molecule has 1 unspecified atom stereocenters. The number of hydrogen-bond acceptors (Lipinski definition) is 3. The van der Waals surface area contributed by atoms with Gasteiger partial charge in [0.15, 0.2) is 14.1 Å². The van der Waals surface area contributed by atoms with E-state index < -0.39 is 8.32 Å². The monoisotopic (exact) mass is 409 g/mol. The zero-order chi connectivity index (χ0) is 15.1. The van der Waals surface area contributed by atoms with E-state index in [1.165, 1.54) is 6.07 Å². The Hall–Kier alpha value is -0.213. The van der Waals surface area contributed by atoms with Gasteiger partial charge in [0.1, 0.15) is 15.1 Å². The molecule has 1 aliphatic heterocycles. The van der Waals surface area contributed by atoms with Gasteiger partial charge in [-0.25, -0.2) is 9.37 Å². The molecule has 20 heavy (non-hydrogen) atoms. The van der Waals surface area contributed by atoms with Crippen molar-refractivity contribution in [3.8, 4) is 5.75 Å². The first-order valence-corrected chi connectivity index (χ1v) is 10.8. The molecule has 1 aromatic heterocycles. The summed E-state index contributed by atoms with van der Waals surface area (Å²) >= 11 is 1.91. The molecular formula is C14H21FINO2Si. The van der Waals surface area contributed by atoms with E-state index in [0.717, 1.165) is 12.1 Å². The summed E-state index contributed by atoms with van der Waals surface area (Å²) in [4.78, 5) is 4.34. The summed E-state index contributed by atoms with van der Waals surface area (Å²) in [6.45, 7) is 11.6. The van der Waals surface area contributed by atoms with Crippen LogP contribution in [0.2, 0.25) is 18.1 Å². The summed E-state index contributed by atoms with van der Waals surface area (Å²) in [5, 5.41) is 0.138. The Balaban J connectivity index is 2.32. The van der Waals surface area contributed by atoms with Gasteiger partial charge < -0.3 is 9.16 Å². The summed E-state index contributed by atoms with van der Waals surface area (Å²) in [5.41, 5.74) is 0.742. The number of hydrogen-bond donors (Lipinski definition) is 0. The molecule has 0 bridgehead atoms. The maximum absolute atomic E-state index is 13.6. The molecule has 1 atom stereocenters. The highest BCUT2D eigenvalue weighted by Crippen LogP contribution is 2.43. The number of aromatic nitrogens is 1. The highest BCUT2D eigenvalue weighted by atomic mass is 127. The van der Waals surface area contributed by atoms with Crippen LogP contribution in [-0.2, 0) is 4.43 Å². The number of nitrogens with zero attached hydrogens (tertiary/aromatic N) is 1. The molecule has 0 aromatic carbocycles. The van der Waals surface area contributed by atoms with Gasteiger partial charge in [-0.1, -0.05) is 20.8 Å². The number of pyridine rings is 1. The fraction of sp³-hybridized carbons (Fsp3) is 0.643. The Labute approximate surface area is 134 Å². The van der Waals surface area contributed by atoms with Crippen LogP contribution in [0.4, 0.5) is 4.39 Å². The molecule has 0 amide bonds. The number of fused-ring (bicyclic) bond motifs is 1. The molecule has 0 aliphatic carbocycles. The lowest BCUT2D eigenvalue weighted by molar-refractivity contribution is 0.117. The summed E-state index contributed by atoms with van der Waals surface area (Å²) in [6.07, 6.45) is 0.683. The van der Waals surface area contributed by atoms with E-state index in [-0.39, 0.29) is 17.0 Å². The van der Waals surface area contributed by atoms with Crippen LogP contribution in [0.15, 0.2) is 6.07 Å². The Morgan fingerprint density at radius 3 is 2.70 bits per heavy atom. The molecule has 1 aliphatic rings. The van der Waals surface area contributed by atoms with Crippen LogP contribution < -0.4 is 4.74 Å². The molecule has 2 rings (SSSR count). The van der Waals surface area contributed by atoms with Crippen LogP contribution in [0.25, 0.3) is 0 Å². The highest BCUT2D eigenvalue weighted by Gasteiger charge is 2.41. The Morgan fingerprint density at radius 2 is 2.10 bits per heavy atom. The Kier molecular flexibility index (Phi) is 4.47. The predicted molar refractivity (Wildman–Crippen MR) is 88.0 cm³/mol. The van der Waals surface area contributed by atoms with Crippen molar-refractivity contribution in [1.82, 2.24) is 4.98 Å². The third-order valence-electron chi connectivity index (χ3n) is 4.11. The summed E-state index contributed by atoms with van der Waals surface area (Å²) in [7, 11) is -1.88. The normalized spacial score (nSPS) is 19.4. The largest absolute Gasteiger partial charge is 0.491 e. The zero-order valence-electron chi connectivity index (χ0n) is 12.6. The average molecular weight is 409 g/mol. The van der Waals surface area contributed by atoms with Crippen molar-refractivity contribution in [1.29, 1.82) is 0 Å². The predicted octanol–water partition coefficient (Wildman–Crippen LogP) is 4.67. The molecule has 0 spiro atoms. The molecule has 0 saturated heterocycles. The van der Waals surface area contributed by atoms with Crippen molar-refractivity contribution >= 4 is 30.9 Å². The zero-order valence-corrected chi connectivity index (χ0v) is 15.7. The van der Waals surface area contributed by atoms with Crippen LogP contribution >= 0.6 is 22.6 Å². The number of rotatable bonds is 2. The van der Waals surface area contributed by atoms with Gasteiger partial charge in [-0.05, 0) is 40.7 Å². The molecule has 112 valence electrons. The molecule has 6 heteroatoms. The Bertz CT molecular complexity index is 517. The second kappa shape index (κ2) is 5.53. The number of halogens is 2. The van der Waals surface area contributed by atoms with Crippen LogP contribution in [0.5, 0.6) is 5.75 Å². The van der Waals surface area contributed by atoms with Gasteiger partial charge in [0, 0.05) is 12.5 Å². The smallest absolute Gasteiger partial charge is 0.192 e. The van der Waals surface area contributed by atoms with E-state index in [2.05, 4.69) is 38.8 Å². The maximum atomic E-state index is 13.6. The lowest BCUT2D eigenvalue weighted by Gasteiger charge is -2.40. The van der Waals surface area contributed by atoms with Gasteiger partial charge >= 0.3 is 0 Å². The van der Waals surface area contributed by atoms with E-state index in [1.54, 1.807) is 0 Å². The second-order valence-electron chi connectivity index (χ2n) is 6.65. The summed E-state index contributed by atoms with van der Waals surface area (Å²) in [6, 6.07) is 1.42. The fourth-order valence-electron chi connectivity index (χ4n) is 1.87. The van der Waals surface area contributed by atoms with E-state index in [4.69, 9.17) is 9.16 Å². The molecular weight excluding hydrogens is 388 g/mol. The van der Waals surface area contributed by atoms with Gasteiger partial charge in [-0.2, -0.15) is 0 Å². The van der Waals surface area contributed by atoms with Crippen LogP contribution in [0.3, 0.4) is 0 Å². The molecule has 0 N–H and O–H groups in total. The van der Waals surface area contributed by atoms with Crippen LogP contribution in [0.1, 0.15) is 39.0 Å². The molecule has 3 nitrogen and oxygen atoms in total. The van der Waals surface area contributed by atoms with Crippen molar-refractivity contribution in [3.63, 3.8) is 0 Å². The fourth-order valence-corrected chi connectivity index (χ4v) is 3.58. The third-order valence-corrected chi connectivity index (χ3v) is 9.35. The van der Waals surface area contributed by atoms with E-state index >= 15 is 0 Å². The van der Waals surface area contributed by atoms with Crippen molar-refractivity contribution in [2.75, 3.05) is 6.61 Å². The first-order valence-electron chi connectivity index (χ1n) is 6.78. The minimum Gasteiger partial charge on any atom is -0.491 e. The van der Waals surface area contributed by atoms with Gasteiger partial charge in [-0.15, -0.1) is 0 Å². The van der Waals surface area contributed by atoms with Crippen molar-refractivity contribution in [3.05, 3.63) is 21.3 Å². The topological polar surface area (TPSA) is 31.4 Å². The maximum Gasteiger partial charge on any atom is 0.192 e. The third kappa shape index (κ3) is 3.17. The van der Waals surface area contributed by atoms with Crippen molar-refractivity contribution < 1.29 is 13.6 Å².